The lowest BCUT2D eigenvalue weighted by Crippen LogP contribution is -2.52. The van der Waals surface area contributed by atoms with Crippen molar-refractivity contribution in [2.75, 3.05) is 19.8 Å². The van der Waals surface area contributed by atoms with Crippen molar-refractivity contribution in [3.63, 3.8) is 0 Å². The molecule has 3 heterocycles. The molecule has 1 atom stereocenters. The van der Waals surface area contributed by atoms with E-state index < -0.39 is 12.0 Å². The molecule has 2 aromatic heterocycles. The molecule has 112 valence electrons. The molecule has 1 fully saturated rings. The van der Waals surface area contributed by atoms with E-state index in [9.17, 15) is 14.7 Å². The molecule has 0 radical (unpaired) electrons. The predicted octanol–water partition coefficient (Wildman–Crippen LogP) is 0.869. The highest BCUT2D eigenvalue weighted by Gasteiger charge is 2.34. The molecule has 2 aromatic rings. The number of aryl methyl sites for hydroxylation is 2. The molecule has 8 heteroatoms. The lowest BCUT2D eigenvalue weighted by molar-refractivity contribution is -0.147. The number of carboxylic acids is 1. The summed E-state index contributed by atoms with van der Waals surface area (Å²) in [5.41, 5.74) is 0.861. The van der Waals surface area contributed by atoms with Crippen LogP contribution in [0.15, 0.2) is 6.07 Å². The molecule has 0 bridgehead atoms. The van der Waals surface area contributed by atoms with Crippen molar-refractivity contribution in [2.45, 2.75) is 13.0 Å². The first-order chi connectivity index (χ1) is 9.99. The molecule has 1 aliphatic heterocycles. The number of hydrogen-bond acceptors (Lipinski definition) is 5. The molecular formula is C13H15N3O4S. The number of hydrogen-bond donors (Lipinski definition) is 1. The molecule has 0 spiro atoms. The first-order valence-electron chi connectivity index (χ1n) is 6.53. The Morgan fingerprint density at radius 3 is 2.95 bits per heavy atom. The number of aliphatic carboxylic acids is 1. The number of amides is 1. The highest BCUT2D eigenvalue weighted by molar-refractivity contribution is 7.20. The van der Waals surface area contributed by atoms with Gasteiger partial charge in [-0.25, -0.2) is 4.79 Å². The van der Waals surface area contributed by atoms with Crippen LogP contribution in [0.2, 0.25) is 0 Å². The Bertz CT molecular complexity index is 686. The van der Waals surface area contributed by atoms with E-state index >= 15 is 0 Å². The fourth-order valence-corrected chi connectivity index (χ4v) is 3.58. The summed E-state index contributed by atoms with van der Waals surface area (Å²) in [5, 5.41) is 14.4. The monoisotopic (exact) mass is 309 g/mol. The van der Waals surface area contributed by atoms with Gasteiger partial charge in [-0.15, -0.1) is 11.3 Å². The third kappa shape index (κ3) is 2.30. The highest BCUT2D eigenvalue weighted by atomic mass is 32.1. The van der Waals surface area contributed by atoms with Gasteiger partial charge in [-0.1, -0.05) is 0 Å². The normalized spacial score (nSPS) is 19.1. The number of thiophene rings is 1. The summed E-state index contributed by atoms with van der Waals surface area (Å²) in [4.78, 5) is 26.7. The van der Waals surface area contributed by atoms with Gasteiger partial charge in [0.05, 0.1) is 23.8 Å². The van der Waals surface area contributed by atoms with Gasteiger partial charge in [0.25, 0.3) is 5.91 Å². The number of aromatic nitrogens is 2. The second kappa shape index (κ2) is 5.12. The Morgan fingerprint density at radius 2 is 2.29 bits per heavy atom. The number of morpholine rings is 1. The summed E-state index contributed by atoms with van der Waals surface area (Å²) < 4.78 is 6.89. The zero-order chi connectivity index (χ0) is 15.1. The predicted molar refractivity (Wildman–Crippen MR) is 76.6 cm³/mol. The van der Waals surface area contributed by atoms with Gasteiger partial charge >= 0.3 is 5.97 Å². The molecule has 0 aliphatic carbocycles. The number of carboxylic acid groups (broad SMARTS) is 1. The van der Waals surface area contributed by atoms with E-state index in [-0.39, 0.29) is 12.5 Å². The van der Waals surface area contributed by atoms with Crippen molar-refractivity contribution in [3.8, 4) is 0 Å². The minimum atomic E-state index is -1.04. The Kier molecular flexibility index (Phi) is 3.42. The van der Waals surface area contributed by atoms with Crippen LogP contribution < -0.4 is 0 Å². The van der Waals surface area contributed by atoms with E-state index in [2.05, 4.69) is 5.10 Å². The van der Waals surface area contributed by atoms with Crippen LogP contribution >= 0.6 is 11.3 Å². The Hall–Kier alpha value is -1.93. The zero-order valence-corrected chi connectivity index (χ0v) is 12.5. The van der Waals surface area contributed by atoms with Crippen LogP contribution in [0.5, 0.6) is 0 Å². The van der Waals surface area contributed by atoms with E-state index in [1.165, 1.54) is 16.2 Å². The minimum absolute atomic E-state index is 0.0343. The van der Waals surface area contributed by atoms with Crippen molar-refractivity contribution in [3.05, 3.63) is 16.6 Å². The molecule has 1 saturated heterocycles. The van der Waals surface area contributed by atoms with Crippen molar-refractivity contribution >= 4 is 33.4 Å². The van der Waals surface area contributed by atoms with E-state index in [0.717, 1.165) is 15.9 Å². The molecule has 1 amide bonds. The van der Waals surface area contributed by atoms with Crippen LogP contribution in [0.25, 0.3) is 10.2 Å². The molecule has 1 N–H and O–H groups in total. The lowest BCUT2D eigenvalue weighted by atomic mass is 10.2. The maximum absolute atomic E-state index is 12.6. The van der Waals surface area contributed by atoms with Crippen LogP contribution in [-0.2, 0) is 16.6 Å². The Labute approximate surface area is 124 Å². The SMILES string of the molecule is Cc1nn(C)c2sc(C(=O)N3CCOC[C@H]3C(=O)O)cc12. The van der Waals surface area contributed by atoms with Gasteiger partial charge in [-0.2, -0.15) is 5.10 Å². The molecule has 0 unspecified atom stereocenters. The fraction of sp³-hybridized carbons (Fsp3) is 0.462. The summed E-state index contributed by atoms with van der Waals surface area (Å²) in [6.07, 6.45) is 0. The Morgan fingerprint density at radius 1 is 1.52 bits per heavy atom. The van der Waals surface area contributed by atoms with Crippen molar-refractivity contribution < 1.29 is 19.4 Å². The molecule has 7 nitrogen and oxygen atoms in total. The average molecular weight is 309 g/mol. The second-order valence-electron chi connectivity index (χ2n) is 4.97. The molecule has 3 rings (SSSR count). The number of nitrogens with zero attached hydrogens (tertiary/aromatic N) is 3. The first-order valence-corrected chi connectivity index (χ1v) is 7.35. The van der Waals surface area contributed by atoms with E-state index in [4.69, 9.17) is 4.74 Å². The zero-order valence-electron chi connectivity index (χ0n) is 11.7. The van der Waals surface area contributed by atoms with Gasteiger partial charge in [-0.05, 0) is 13.0 Å². The summed E-state index contributed by atoms with van der Waals surface area (Å²) in [6.45, 7) is 2.58. The minimum Gasteiger partial charge on any atom is -0.480 e. The molecule has 1 aliphatic rings. The average Bonchev–Trinajstić information content (AvgIpc) is 3.01. The third-order valence-electron chi connectivity index (χ3n) is 3.58. The van der Waals surface area contributed by atoms with Gasteiger partial charge in [-0.3, -0.25) is 9.48 Å². The van der Waals surface area contributed by atoms with Gasteiger partial charge in [0, 0.05) is 19.0 Å². The lowest BCUT2D eigenvalue weighted by Gasteiger charge is -2.32. The van der Waals surface area contributed by atoms with E-state index in [1.807, 2.05) is 14.0 Å². The number of ether oxygens (including phenoxy) is 1. The van der Waals surface area contributed by atoms with Gasteiger partial charge in [0.1, 0.15) is 4.83 Å². The Balaban J connectivity index is 1.95. The standard InChI is InChI=1S/C13H15N3O4S/c1-7-8-5-10(21-12(8)15(2)14-7)11(17)16-3-4-20-6-9(16)13(18)19/h5,9H,3-4,6H2,1-2H3,(H,18,19)/t9-/m0/s1. The molecule has 0 saturated carbocycles. The van der Waals surface area contributed by atoms with Crippen LogP contribution in [0, 0.1) is 6.92 Å². The summed E-state index contributed by atoms with van der Waals surface area (Å²) in [6, 6.07) is 0.870. The van der Waals surface area contributed by atoms with E-state index in [0.29, 0.717) is 18.0 Å². The smallest absolute Gasteiger partial charge is 0.328 e. The molecule has 0 aromatic carbocycles. The maximum atomic E-state index is 12.6. The maximum Gasteiger partial charge on any atom is 0.328 e. The topological polar surface area (TPSA) is 84.7 Å². The number of carbonyl (C=O) groups excluding carboxylic acids is 1. The van der Waals surface area contributed by atoms with Gasteiger partial charge < -0.3 is 14.7 Å². The van der Waals surface area contributed by atoms with Crippen LogP contribution in [-0.4, -0.2) is 57.5 Å². The molecule has 21 heavy (non-hydrogen) atoms. The first kappa shape index (κ1) is 14.0. The van der Waals surface area contributed by atoms with Crippen LogP contribution in [0.4, 0.5) is 0 Å². The summed E-state index contributed by atoms with van der Waals surface area (Å²) in [5.74, 6) is -1.30. The van der Waals surface area contributed by atoms with Crippen LogP contribution in [0.3, 0.4) is 0 Å². The number of carbonyl (C=O) groups is 2. The third-order valence-corrected chi connectivity index (χ3v) is 4.77. The van der Waals surface area contributed by atoms with Gasteiger partial charge in [0.15, 0.2) is 6.04 Å². The summed E-state index contributed by atoms with van der Waals surface area (Å²) >= 11 is 1.34. The fourth-order valence-electron chi connectivity index (χ4n) is 2.50. The molecular weight excluding hydrogens is 294 g/mol. The summed E-state index contributed by atoms with van der Waals surface area (Å²) in [7, 11) is 1.83. The number of rotatable bonds is 2. The van der Waals surface area contributed by atoms with Gasteiger partial charge in [0.2, 0.25) is 0 Å². The largest absolute Gasteiger partial charge is 0.480 e. The van der Waals surface area contributed by atoms with Crippen molar-refractivity contribution in [2.24, 2.45) is 7.05 Å². The second-order valence-corrected chi connectivity index (χ2v) is 6.00. The van der Waals surface area contributed by atoms with E-state index in [1.54, 1.807) is 10.7 Å². The highest BCUT2D eigenvalue weighted by Crippen LogP contribution is 2.29. The van der Waals surface area contributed by atoms with Crippen LogP contribution in [0.1, 0.15) is 15.4 Å². The quantitative estimate of drug-likeness (QED) is 0.890. The van der Waals surface area contributed by atoms with Crippen molar-refractivity contribution in [1.29, 1.82) is 0 Å². The van der Waals surface area contributed by atoms with Crippen molar-refractivity contribution in [1.82, 2.24) is 14.7 Å². The number of fused-ring (bicyclic) bond motifs is 1.